The van der Waals surface area contributed by atoms with E-state index in [1.807, 2.05) is 5.57 Å². The summed E-state index contributed by atoms with van der Waals surface area (Å²) in [4.78, 5) is 0. The van der Waals surface area contributed by atoms with Gasteiger partial charge in [0.25, 0.3) is 0 Å². The van der Waals surface area contributed by atoms with Gasteiger partial charge in [-0.25, -0.2) is 0 Å². The Balaban J connectivity index is 1.54. The van der Waals surface area contributed by atoms with E-state index in [0.717, 1.165) is 36.0 Å². The molecule has 1 N–H and O–H groups in total. The average Bonchev–Trinajstić information content (AvgIpc) is 3.02. The van der Waals surface area contributed by atoms with Gasteiger partial charge in [0.1, 0.15) is 0 Å². The summed E-state index contributed by atoms with van der Waals surface area (Å²) < 4.78 is 0. The van der Waals surface area contributed by atoms with Crippen LogP contribution in [0.4, 0.5) is 0 Å². The van der Waals surface area contributed by atoms with Crippen LogP contribution in [0.25, 0.3) is 0 Å². The van der Waals surface area contributed by atoms with Gasteiger partial charge in [0.15, 0.2) is 0 Å². The van der Waals surface area contributed by atoms with Gasteiger partial charge in [0.2, 0.25) is 0 Å². The molecular formula is C29H50O. The van der Waals surface area contributed by atoms with Crippen molar-refractivity contribution in [2.75, 3.05) is 0 Å². The molecule has 0 heterocycles. The summed E-state index contributed by atoms with van der Waals surface area (Å²) in [5, 5.41) is 10.8. The second-order valence-corrected chi connectivity index (χ2v) is 13.5. The Kier molecular flexibility index (Phi) is 6.05. The fourth-order valence-corrected chi connectivity index (χ4v) is 9.33. The summed E-state index contributed by atoms with van der Waals surface area (Å²) in [6.45, 7) is 17.3. The van der Waals surface area contributed by atoms with Gasteiger partial charge in [-0.1, -0.05) is 79.4 Å². The molecule has 4 rings (SSSR count). The van der Waals surface area contributed by atoms with Crippen LogP contribution in [-0.4, -0.2) is 11.2 Å². The molecule has 0 aromatic rings. The van der Waals surface area contributed by atoms with Crippen molar-refractivity contribution in [3.05, 3.63) is 11.6 Å². The second-order valence-electron chi connectivity index (χ2n) is 13.5. The van der Waals surface area contributed by atoms with Crippen molar-refractivity contribution < 1.29 is 5.11 Å². The summed E-state index contributed by atoms with van der Waals surface area (Å²) in [6.07, 6.45) is 16.0. The third kappa shape index (κ3) is 3.45. The second kappa shape index (κ2) is 7.93. The molecule has 4 aliphatic rings. The summed E-state index contributed by atoms with van der Waals surface area (Å²) in [7, 11) is 0. The smallest absolute Gasteiger partial charge is 0.0594 e. The molecule has 0 unspecified atom stereocenters. The first-order valence-electron chi connectivity index (χ1n) is 13.4. The zero-order chi connectivity index (χ0) is 21.9. The van der Waals surface area contributed by atoms with Crippen molar-refractivity contribution in [1.82, 2.24) is 0 Å². The highest BCUT2D eigenvalue weighted by molar-refractivity contribution is 5.28. The molecule has 8 atom stereocenters. The number of fused-ring (bicyclic) bond motifs is 5. The van der Waals surface area contributed by atoms with E-state index in [1.165, 1.54) is 57.8 Å². The maximum atomic E-state index is 10.8. The minimum atomic E-state index is -0.123. The molecule has 0 saturated heterocycles. The van der Waals surface area contributed by atoms with Crippen molar-refractivity contribution in [3.63, 3.8) is 0 Å². The van der Waals surface area contributed by atoms with E-state index in [2.05, 4.69) is 54.5 Å². The van der Waals surface area contributed by atoms with E-state index in [1.54, 1.807) is 0 Å². The highest BCUT2D eigenvalue weighted by Crippen LogP contribution is 2.68. The number of rotatable bonds is 5. The normalized spacial score (nSPS) is 46.0. The van der Waals surface area contributed by atoms with Crippen LogP contribution in [0.2, 0.25) is 0 Å². The summed E-state index contributed by atoms with van der Waals surface area (Å²) in [6, 6.07) is 0. The third-order valence-electron chi connectivity index (χ3n) is 11.2. The van der Waals surface area contributed by atoms with E-state index >= 15 is 0 Å². The number of aliphatic hydroxyl groups excluding tert-OH is 1. The van der Waals surface area contributed by atoms with Gasteiger partial charge >= 0.3 is 0 Å². The van der Waals surface area contributed by atoms with Crippen molar-refractivity contribution in [1.29, 1.82) is 0 Å². The third-order valence-corrected chi connectivity index (χ3v) is 11.2. The molecule has 0 aromatic heterocycles. The summed E-state index contributed by atoms with van der Waals surface area (Å²) in [5.41, 5.74) is 2.85. The molecule has 0 spiro atoms. The Labute approximate surface area is 187 Å². The summed E-state index contributed by atoms with van der Waals surface area (Å²) in [5.74, 6) is 4.90. The zero-order valence-corrected chi connectivity index (χ0v) is 21.1. The minimum Gasteiger partial charge on any atom is -0.393 e. The Hall–Kier alpha value is -0.300. The zero-order valence-electron chi connectivity index (χ0n) is 21.1. The highest BCUT2D eigenvalue weighted by atomic mass is 16.3. The van der Waals surface area contributed by atoms with Crippen molar-refractivity contribution >= 4 is 0 Å². The standard InChI is InChI=1S/C29H50O/c1-19(2)9-8-10-20(3)22-12-13-23-21-11-14-25-27(4,5)26(30)16-18-29(25,7)24(21)15-17-28(22,23)6/h11,19-20,22-26,30H,8-10,12-18H2,1-7H3/t20-,22-,23+,24+,25+,26+,28-,29-/m1/s1. The van der Waals surface area contributed by atoms with Crippen LogP contribution in [0.5, 0.6) is 0 Å². The maximum Gasteiger partial charge on any atom is 0.0594 e. The number of hydrogen-bond donors (Lipinski definition) is 1. The Morgan fingerprint density at radius 3 is 2.27 bits per heavy atom. The van der Waals surface area contributed by atoms with Gasteiger partial charge in [-0.05, 0) is 96.7 Å². The van der Waals surface area contributed by atoms with Crippen molar-refractivity contribution in [2.24, 2.45) is 51.8 Å². The lowest BCUT2D eigenvalue weighted by molar-refractivity contribution is -0.125. The molecule has 0 bridgehead atoms. The molecule has 0 amide bonds. The molecular weight excluding hydrogens is 364 g/mol. The van der Waals surface area contributed by atoms with Crippen LogP contribution in [0.15, 0.2) is 11.6 Å². The summed E-state index contributed by atoms with van der Waals surface area (Å²) >= 11 is 0. The first kappa shape index (κ1) is 22.9. The lowest BCUT2D eigenvalue weighted by Crippen LogP contribution is -2.56. The Morgan fingerprint density at radius 1 is 0.900 bits per heavy atom. The Morgan fingerprint density at radius 2 is 1.57 bits per heavy atom. The SMILES string of the molecule is CC(C)CCC[C@@H](C)[C@H]1CC[C@H]2C3=CC[C@H]4C(C)(C)[C@@H](O)CC[C@]4(C)[C@H]3CC[C@]12C. The minimum absolute atomic E-state index is 0.0545. The van der Waals surface area contributed by atoms with Crippen LogP contribution in [0, 0.1) is 51.8 Å². The van der Waals surface area contributed by atoms with E-state index < -0.39 is 0 Å². The average molecular weight is 415 g/mol. The predicted molar refractivity (Wildman–Crippen MR) is 128 cm³/mol. The van der Waals surface area contributed by atoms with Gasteiger partial charge in [0.05, 0.1) is 6.10 Å². The predicted octanol–water partition coefficient (Wildman–Crippen LogP) is 8.02. The van der Waals surface area contributed by atoms with Crippen LogP contribution >= 0.6 is 0 Å². The van der Waals surface area contributed by atoms with Gasteiger partial charge < -0.3 is 5.11 Å². The van der Waals surface area contributed by atoms with Crippen molar-refractivity contribution in [3.8, 4) is 0 Å². The first-order valence-corrected chi connectivity index (χ1v) is 13.4. The molecule has 172 valence electrons. The highest BCUT2D eigenvalue weighted by Gasteiger charge is 2.61. The van der Waals surface area contributed by atoms with Gasteiger partial charge in [-0.15, -0.1) is 0 Å². The quantitative estimate of drug-likeness (QED) is 0.451. The van der Waals surface area contributed by atoms with Crippen LogP contribution < -0.4 is 0 Å². The van der Waals surface area contributed by atoms with Crippen molar-refractivity contribution in [2.45, 2.75) is 119 Å². The fraction of sp³-hybridized carbons (Fsp3) is 0.931. The van der Waals surface area contributed by atoms with Gasteiger partial charge in [-0.3, -0.25) is 0 Å². The topological polar surface area (TPSA) is 20.2 Å². The van der Waals surface area contributed by atoms with Gasteiger partial charge in [-0.2, -0.15) is 0 Å². The molecule has 3 fully saturated rings. The largest absolute Gasteiger partial charge is 0.393 e. The van der Waals surface area contributed by atoms with E-state index in [4.69, 9.17) is 0 Å². The van der Waals surface area contributed by atoms with E-state index in [9.17, 15) is 5.11 Å². The molecule has 1 heteroatoms. The number of hydrogen-bond acceptors (Lipinski definition) is 1. The molecule has 0 radical (unpaired) electrons. The molecule has 3 saturated carbocycles. The monoisotopic (exact) mass is 414 g/mol. The Bertz CT molecular complexity index is 659. The molecule has 0 aromatic carbocycles. The number of allylic oxidation sites excluding steroid dienone is 2. The van der Waals surface area contributed by atoms with E-state index in [-0.39, 0.29) is 11.5 Å². The molecule has 4 aliphatic carbocycles. The first-order chi connectivity index (χ1) is 14.0. The lowest BCUT2D eigenvalue weighted by atomic mass is 9.43. The van der Waals surface area contributed by atoms with Gasteiger partial charge in [0, 0.05) is 0 Å². The number of aliphatic hydroxyl groups is 1. The van der Waals surface area contributed by atoms with Crippen LogP contribution in [0.1, 0.15) is 113 Å². The fourth-order valence-electron chi connectivity index (χ4n) is 9.33. The van der Waals surface area contributed by atoms with Crippen LogP contribution in [-0.2, 0) is 0 Å². The van der Waals surface area contributed by atoms with Crippen LogP contribution in [0.3, 0.4) is 0 Å². The molecule has 0 aliphatic heterocycles. The lowest BCUT2D eigenvalue weighted by Gasteiger charge is -2.62. The molecule has 1 nitrogen and oxygen atoms in total. The molecule has 30 heavy (non-hydrogen) atoms. The van der Waals surface area contributed by atoms with E-state index in [0.29, 0.717) is 16.7 Å². The maximum absolute atomic E-state index is 10.8.